The molecule has 7 heteroatoms. The minimum Gasteiger partial charge on any atom is -0.497 e. The summed E-state index contributed by atoms with van der Waals surface area (Å²) in [7, 11) is 1.63. The Labute approximate surface area is 145 Å². The summed E-state index contributed by atoms with van der Waals surface area (Å²) in [6, 6.07) is 9.27. The minimum atomic E-state index is -0.255. The maximum Gasteiger partial charge on any atom is 0.260 e. The molecule has 0 bridgehead atoms. The fraction of sp³-hybridized carbons (Fsp3) is 0.125. The molecule has 1 amide bonds. The Morgan fingerprint density at radius 3 is 2.70 bits per heavy atom. The third kappa shape index (κ3) is 3.46. The van der Waals surface area contributed by atoms with Crippen LogP contribution < -0.4 is 10.1 Å². The summed E-state index contributed by atoms with van der Waals surface area (Å²) in [5.74, 6) is 0.537. The lowest BCUT2D eigenvalue weighted by Gasteiger charge is -2.01. The largest absolute Gasteiger partial charge is 0.497 e. The van der Waals surface area contributed by atoms with Gasteiger partial charge >= 0.3 is 0 Å². The van der Waals surface area contributed by atoms with E-state index in [1.807, 2.05) is 31.2 Å². The normalized spacial score (nSPS) is 10.6. The molecule has 118 valence electrons. The Bertz CT molecular complexity index is 839. The molecule has 0 fully saturated rings. The van der Waals surface area contributed by atoms with Crippen molar-refractivity contribution in [3.8, 4) is 17.0 Å². The Balaban J connectivity index is 1.81. The van der Waals surface area contributed by atoms with E-state index in [1.54, 1.807) is 13.2 Å². The number of thiazole rings is 1. The Hall–Kier alpha value is -2.12. The number of furan rings is 1. The first-order valence-corrected chi connectivity index (χ1v) is 8.35. The zero-order valence-electron chi connectivity index (χ0n) is 12.4. The van der Waals surface area contributed by atoms with Crippen LogP contribution in [0.4, 0.5) is 5.13 Å². The number of methoxy groups -OCH3 is 1. The molecule has 0 radical (unpaired) electrons. The maximum absolute atomic E-state index is 12.1. The molecule has 0 atom stereocenters. The first-order chi connectivity index (χ1) is 11.1. The van der Waals surface area contributed by atoms with Crippen LogP contribution in [0, 0.1) is 6.92 Å². The summed E-state index contributed by atoms with van der Waals surface area (Å²) >= 11 is 4.61. The number of benzene rings is 1. The van der Waals surface area contributed by atoms with Gasteiger partial charge in [0, 0.05) is 16.5 Å². The molecule has 1 N–H and O–H groups in total. The SMILES string of the molecule is COc1ccc(-c2nc(NC(=O)c3coc(Br)c3)sc2C)cc1. The van der Waals surface area contributed by atoms with E-state index in [4.69, 9.17) is 9.15 Å². The van der Waals surface area contributed by atoms with Gasteiger partial charge in [-0.15, -0.1) is 11.3 Å². The van der Waals surface area contributed by atoms with Gasteiger partial charge in [-0.1, -0.05) is 0 Å². The van der Waals surface area contributed by atoms with Gasteiger partial charge in [0.15, 0.2) is 9.80 Å². The van der Waals surface area contributed by atoms with Crippen molar-refractivity contribution < 1.29 is 13.9 Å². The van der Waals surface area contributed by atoms with Crippen molar-refractivity contribution in [2.24, 2.45) is 0 Å². The zero-order valence-corrected chi connectivity index (χ0v) is 14.8. The summed E-state index contributed by atoms with van der Waals surface area (Å²) in [6.07, 6.45) is 1.39. The van der Waals surface area contributed by atoms with E-state index >= 15 is 0 Å². The van der Waals surface area contributed by atoms with Gasteiger partial charge in [-0.3, -0.25) is 10.1 Å². The molecule has 3 rings (SSSR count). The van der Waals surface area contributed by atoms with E-state index in [0.29, 0.717) is 15.4 Å². The van der Waals surface area contributed by atoms with E-state index < -0.39 is 0 Å². The predicted octanol–water partition coefficient (Wildman–Crippen LogP) is 4.73. The van der Waals surface area contributed by atoms with Gasteiger partial charge in [0.2, 0.25) is 0 Å². The molecular weight excluding hydrogens is 380 g/mol. The second-order valence-electron chi connectivity index (χ2n) is 4.75. The van der Waals surface area contributed by atoms with Crippen LogP contribution in [0.3, 0.4) is 0 Å². The van der Waals surface area contributed by atoms with E-state index in [9.17, 15) is 4.79 Å². The highest BCUT2D eigenvalue weighted by atomic mass is 79.9. The molecule has 2 aromatic heterocycles. The zero-order chi connectivity index (χ0) is 16.4. The number of anilines is 1. The van der Waals surface area contributed by atoms with Crippen molar-refractivity contribution in [2.75, 3.05) is 12.4 Å². The number of ether oxygens (including phenoxy) is 1. The summed E-state index contributed by atoms with van der Waals surface area (Å²) in [6.45, 7) is 1.97. The second-order valence-corrected chi connectivity index (χ2v) is 6.73. The Morgan fingerprint density at radius 1 is 1.35 bits per heavy atom. The summed E-state index contributed by atoms with van der Waals surface area (Å²) < 4.78 is 10.7. The summed E-state index contributed by atoms with van der Waals surface area (Å²) in [5.41, 5.74) is 2.27. The van der Waals surface area contributed by atoms with Crippen LogP contribution in [0.25, 0.3) is 11.3 Å². The van der Waals surface area contributed by atoms with Gasteiger partial charge in [0.1, 0.15) is 12.0 Å². The van der Waals surface area contributed by atoms with Gasteiger partial charge in [-0.2, -0.15) is 0 Å². The van der Waals surface area contributed by atoms with Crippen LogP contribution in [0.2, 0.25) is 0 Å². The molecule has 2 heterocycles. The van der Waals surface area contributed by atoms with Crippen molar-refractivity contribution in [1.29, 1.82) is 0 Å². The first kappa shape index (κ1) is 15.8. The number of hydrogen-bond acceptors (Lipinski definition) is 5. The third-order valence-corrected chi connectivity index (χ3v) is 4.51. The standard InChI is InChI=1S/C16H13BrN2O3S/c1-9-14(10-3-5-12(21-2)6-4-10)18-16(23-9)19-15(20)11-7-13(17)22-8-11/h3-8H,1-2H3,(H,18,19,20). The lowest BCUT2D eigenvalue weighted by Crippen LogP contribution is -2.10. The quantitative estimate of drug-likeness (QED) is 0.696. The third-order valence-electron chi connectivity index (χ3n) is 3.21. The van der Waals surface area contributed by atoms with Crippen LogP contribution >= 0.6 is 27.3 Å². The second kappa shape index (κ2) is 6.55. The van der Waals surface area contributed by atoms with Crippen LogP contribution in [-0.2, 0) is 0 Å². The van der Waals surface area contributed by atoms with Crippen molar-refractivity contribution in [1.82, 2.24) is 4.98 Å². The van der Waals surface area contributed by atoms with Gasteiger partial charge in [0.25, 0.3) is 5.91 Å². The maximum atomic E-state index is 12.1. The van der Waals surface area contributed by atoms with Crippen molar-refractivity contribution in [3.05, 3.63) is 51.7 Å². The molecular formula is C16H13BrN2O3S. The molecule has 3 aromatic rings. The van der Waals surface area contributed by atoms with E-state index in [-0.39, 0.29) is 5.91 Å². The van der Waals surface area contributed by atoms with Crippen LogP contribution in [-0.4, -0.2) is 18.0 Å². The fourth-order valence-corrected chi connectivity index (χ4v) is 3.24. The summed E-state index contributed by atoms with van der Waals surface area (Å²) in [4.78, 5) is 17.7. The number of carbonyl (C=O) groups excluding carboxylic acids is 1. The Morgan fingerprint density at radius 2 is 2.09 bits per heavy atom. The Kier molecular flexibility index (Phi) is 4.49. The van der Waals surface area contributed by atoms with Crippen molar-refractivity contribution in [3.63, 3.8) is 0 Å². The average molecular weight is 393 g/mol. The minimum absolute atomic E-state index is 0.255. The molecule has 0 spiro atoms. The first-order valence-electron chi connectivity index (χ1n) is 6.74. The van der Waals surface area contributed by atoms with Crippen LogP contribution in [0.1, 0.15) is 15.2 Å². The smallest absolute Gasteiger partial charge is 0.260 e. The number of nitrogens with zero attached hydrogens (tertiary/aromatic N) is 1. The van der Waals surface area contributed by atoms with Crippen LogP contribution in [0.15, 0.2) is 45.7 Å². The van der Waals surface area contributed by atoms with Gasteiger partial charge in [0.05, 0.1) is 18.4 Å². The lowest BCUT2D eigenvalue weighted by atomic mass is 10.1. The molecule has 0 aliphatic carbocycles. The van der Waals surface area contributed by atoms with Crippen molar-refractivity contribution in [2.45, 2.75) is 6.92 Å². The van der Waals surface area contributed by atoms with Gasteiger partial charge in [-0.05, 0) is 47.1 Å². The number of aromatic nitrogens is 1. The summed E-state index contributed by atoms with van der Waals surface area (Å²) in [5, 5.41) is 3.34. The average Bonchev–Trinajstić information content (AvgIpc) is 3.13. The molecule has 1 aromatic carbocycles. The predicted molar refractivity (Wildman–Crippen MR) is 93.2 cm³/mol. The lowest BCUT2D eigenvalue weighted by molar-refractivity contribution is 0.102. The highest BCUT2D eigenvalue weighted by Gasteiger charge is 2.14. The monoisotopic (exact) mass is 392 g/mol. The van der Waals surface area contributed by atoms with Gasteiger partial charge in [-0.25, -0.2) is 4.98 Å². The van der Waals surface area contributed by atoms with Crippen LogP contribution in [0.5, 0.6) is 5.75 Å². The molecule has 0 aliphatic heterocycles. The molecule has 23 heavy (non-hydrogen) atoms. The molecule has 0 unspecified atom stereocenters. The fourth-order valence-electron chi connectivity index (χ4n) is 2.07. The molecule has 0 aliphatic rings. The highest BCUT2D eigenvalue weighted by Crippen LogP contribution is 2.31. The van der Waals surface area contributed by atoms with E-state index in [1.165, 1.54) is 17.6 Å². The van der Waals surface area contributed by atoms with E-state index in [0.717, 1.165) is 21.9 Å². The molecule has 0 saturated carbocycles. The number of rotatable bonds is 4. The number of amides is 1. The number of hydrogen-bond donors (Lipinski definition) is 1. The highest BCUT2D eigenvalue weighted by molar-refractivity contribution is 9.10. The topological polar surface area (TPSA) is 64.4 Å². The number of nitrogens with one attached hydrogen (secondary N) is 1. The van der Waals surface area contributed by atoms with Crippen molar-refractivity contribution >= 4 is 38.3 Å². The number of carbonyl (C=O) groups is 1. The van der Waals surface area contributed by atoms with E-state index in [2.05, 4.69) is 26.2 Å². The number of aryl methyl sites for hydroxylation is 1. The number of halogens is 1. The molecule has 5 nitrogen and oxygen atoms in total. The van der Waals surface area contributed by atoms with Gasteiger partial charge < -0.3 is 9.15 Å². The molecule has 0 saturated heterocycles.